The number of likely N-dealkylation sites (tertiary alicyclic amines) is 1. The van der Waals surface area contributed by atoms with Crippen LogP contribution in [0.5, 0.6) is 6.01 Å². The number of nitrogens with zero attached hydrogens (tertiary/aromatic N) is 5. The van der Waals surface area contributed by atoms with E-state index in [2.05, 4.69) is 19.6 Å². The number of piperidine rings is 1. The minimum Gasteiger partial charge on any atom is -0.460 e. The van der Waals surface area contributed by atoms with Gasteiger partial charge in [0.15, 0.2) is 11.4 Å². The monoisotopic (exact) mass is 359 g/mol. The van der Waals surface area contributed by atoms with Crippen LogP contribution in [0.4, 0.5) is 13.2 Å². The minimum absolute atomic E-state index is 0.211. The Labute approximate surface area is 138 Å². The van der Waals surface area contributed by atoms with Gasteiger partial charge < -0.3 is 9.64 Å². The quantitative estimate of drug-likeness (QED) is 0.834. The summed E-state index contributed by atoms with van der Waals surface area (Å²) in [6.45, 7) is 0.833. The van der Waals surface area contributed by atoms with Crippen molar-refractivity contribution in [3.05, 3.63) is 29.0 Å². The molecule has 0 atom stereocenters. The zero-order chi connectivity index (χ0) is 17.2. The molecule has 1 fully saturated rings. The van der Waals surface area contributed by atoms with E-state index >= 15 is 0 Å². The van der Waals surface area contributed by atoms with Gasteiger partial charge in [0.2, 0.25) is 0 Å². The first kappa shape index (κ1) is 16.6. The summed E-state index contributed by atoms with van der Waals surface area (Å²) < 4.78 is 46.9. The third-order valence-corrected chi connectivity index (χ3v) is 4.01. The molecule has 0 radical (unpaired) electrons. The van der Waals surface area contributed by atoms with E-state index in [1.165, 1.54) is 0 Å². The molecule has 0 unspecified atom stereocenters. The van der Waals surface area contributed by atoms with E-state index < -0.39 is 11.9 Å². The first-order valence-electron chi connectivity index (χ1n) is 7.07. The standard InChI is InChI=1S/C13H12F3N5O2S/c14-13(15,16)10-1-4-17-12(18-10)23-8-2-5-21(6-3-8)11(22)9-7-24-20-19-9/h1,4,7-8H,2-3,5-6H2. The number of hydrogen-bond acceptors (Lipinski definition) is 7. The number of carbonyl (C=O) groups excluding carboxylic acids is 1. The van der Waals surface area contributed by atoms with Crippen molar-refractivity contribution in [2.24, 2.45) is 0 Å². The summed E-state index contributed by atoms with van der Waals surface area (Å²) in [5, 5.41) is 5.30. The molecule has 1 aliphatic rings. The summed E-state index contributed by atoms with van der Waals surface area (Å²) >= 11 is 1.10. The molecule has 11 heteroatoms. The molecule has 1 amide bonds. The lowest BCUT2D eigenvalue weighted by atomic mass is 10.1. The fourth-order valence-corrected chi connectivity index (χ4v) is 2.73. The first-order chi connectivity index (χ1) is 11.4. The van der Waals surface area contributed by atoms with Crippen LogP contribution in [0, 0.1) is 0 Å². The van der Waals surface area contributed by atoms with Crippen LogP contribution in [-0.2, 0) is 6.18 Å². The third-order valence-electron chi connectivity index (χ3n) is 3.50. The van der Waals surface area contributed by atoms with Crippen LogP contribution >= 0.6 is 11.5 Å². The fraction of sp³-hybridized carbons (Fsp3) is 0.462. The van der Waals surface area contributed by atoms with E-state index in [-0.39, 0.29) is 18.0 Å². The van der Waals surface area contributed by atoms with Crippen LogP contribution in [0.3, 0.4) is 0 Å². The van der Waals surface area contributed by atoms with Crippen LogP contribution in [0.2, 0.25) is 0 Å². The van der Waals surface area contributed by atoms with Crippen molar-refractivity contribution in [3.63, 3.8) is 0 Å². The number of amides is 1. The molecule has 0 aliphatic carbocycles. The molecule has 128 valence electrons. The second-order valence-corrected chi connectivity index (χ2v) is 5.73. The van der Waals surface area contributed by atoms with Crippen molar-refractivity contribution >= 4 is 17.4 Å². The molecular formula is C13H12F3N5O2S. The highest BCUT2D eigenvalue weighted by molar-refractivity contribution is 7.03. The number of halogens is 3. The van der Waals surface area contributed by atoms with Crippen molar-refractivity contribution in [1.29, 1.82) is 0 Å². The van der Waals surface area contributed by atoms with Gasteiger partial charge in [-0.05, 0) is 17.6 Å². The van der Waals surface area contributed by atoms with Crippen LogP contribution in [0.25, 0.3) is 0 Å². The lowest BCUT2D eigenvalue weighted by Gasteiger charge is -2.31. The van der Waals surface area contributed by atoms with E-state index in [1.807, 2.05) is 0 Å². The third kappa shape index (κ3) is 3.78. The maximum absolute atomic E-state index is 12.6. The number of ether oxygens (including phenoxy) is 1. The molecule has 0 spiro atoms. The largest absolute Gasteiger partial charge is 0.460 e. The average Bonchev–Trinajstić information content (AvgIpc) is 3.09. The Morgan fingerprint density at radius 3 is 2.71 bits per heavy atom. The zero-order valence-electron chi connectivity index (χ0n) is 12.2. The van der Waals surface area contributed by atoms with Gasteiger partial charge in [0.05, 0.1) is 0 Å². The smallest absolute Gasteiger partial charge is 0.433 e. The van der Waals surface area contributed by atoms with E-state index in [1.54, 1.807) is 10.3 Å². The Hall–Kier alpha value is -2.30. The van der Waals surface area contributed by atoms with Crippen molar-refractivity contribution in [3.8, 4) is 6.01 Å². The van der Waals surface area contributed by atoms with Crippen LogP contribution in [0.1, 0.15) is 29.0 Å². The molecular weight excluding hydrogens is 347 g/mol. The van der Waals surface area contributed by atoms with E-state index in [9.17, 15) is 18.0 Å². The predicted octanol–water partition coefficient (Wildman–Crippen LogP) is 2.03. The van der Waals surface area contributed by atoms with Crippen LogP contribution < -0.4 is 4.74 Å². The zero-order valence-corrected chi connectivity index (χ0v) is 13.0. The molecule has 0 N–H and O–H groups in total. The number of rotatable bonds is 3. The first-order valence-corrected chi connectivity index (χ1v) is 7.90. The van der Waals surface area contributed by atoms with Gasteiger partial charge in [0.1, 0.15) is 6.10 Å². The molecule has 0 bridgehead atoms. The Kier molecular flexibility index (Phi) is 4.60. The highest BCUT2D eigenvalue weighted by Crippen LogP contribution is 2.28. The lowest BCUT2D eigenvalue weighted by Crippen LogP contribution is -2.42. The van der Waals surface area contributed by atoms with E-state index in [4.69, 9.17) is 4.74 Å². The SMILES string of the molecule is O=C(c1csnn1)N1CCC(Oc2nccc(C(F)(F)F)n2)CC1. The summed E-state index contributed by atoms with van der Waals surface area (Å²) in [7, 11) is 0. The van der Waals surface area contributed by atoms with Crippen molar-refractivity contribution in [2.45, 2.75) is 25.1 Å². The molecule has 1 aliphatic heterocycles. The maximum Gasteiger partial charge on any atom is 0.433 e. The number of alkyl halides is 3. The lowest BCUT2D eigenvalue weighted by molar-refractivity contribution is -0.141. The second-order valence-electron chi connectivity index (χ2n) is 5.12. The summed E-state index contributed by atoms with van der Waals surface area (Å²) in [5.74, 6) is -0.211. The van der Waals surface area contributed by atoms with Gasteiger partial charge in [-0.25, -0.2) is 4.98 Å². The van der Waals surface area contributed by atoms with Gasteiger partial charge in [-0.2, -0.15) is 18.2 Å². The number of aromatic nitrogens is 4. The van der Waals surface area contributed by atoms with Gasteiger partial charge in [0.25, 0.3) is 5.91 Å². The molecule has 2 aromatic rings. The summed E-state index contributed by atoms with van der Waals surface area (Å²) in [6.07, 6.45) is -2.92. The fourth-order valence-electron chi connectivity index (χ4n) is 2.30. The molecule has 0 saturated carbocycles. The number of hydrogen-bond donors (Lipinski definition) is 0. The molecule has 0 aromatic carbocycles. The summed E-state index contributed by atoms with van der Waals surface area (Å²) in [5.41, 5.74) is -0.753. The van der Waals surface area contributed by atoms with Gasteiger partial charge in [-0.15, -0.1) is 5.10 Å². The molecule has 2 aromatic heterocycles. The van der Waals surface area contributed by atoms with Crippen molar-refractivity contribution < 1.29 is 22.7 Å². The van der Waals surface area contributed by atoms with Crippen LogP contribution in [-0.4, -0.2) is 49.6 Å². The van der Waals surface area contributed by atoms with Gasteiger partial charge >= 0.3 is 12.2 Å². The minimum atomic E-state index is -4.54. The molecule has 1 saturated heterocycles. The highest BCUT2D eigenvalue weighted by Gasteiger charge is 2.33. The Balaban J connectivity index is 1.57. The summed E-state index contributed by atoms with van der Waals surface area (Å²) in [4.78, 5) is 20.8. The molecule has 3 heterocycles. The molecule has 3 rings (SSSR count). The van der Waals surface area contributed by atoms with Gasteiger partial charge in [-0.3, -0.25) is 4.79 Å². The molecule has 24 heavy (non-hydrogen) atoms. The van der Waals surface area contributed by atoms with E-state index in [0.717, 1.165) is 23.8 Å². The van der Waals surface area contributed by atoms with Crippen LogP contribution in [0.15, 0.2) is 17.6 Å². The van der Waals surface area contributed by atoms with Crippen molar-refractivity contribution in [1.82, 2.24) is 24.5 Å². The van der Waals surface area contributed by atoms with E-state index in [0.29, 0.717) is 31.6 Å². The average molecular weight is 359 g/mol. The van der Waals surface area contributed by atoms with Gasteiger partial charge in [-0.1, -0.05) is 4.49 Å². The maximum atomic E-state index is 12.6. The number of carbonyl (C=O) groups is 1. The highest BCUT2D eigenvalue weighted by atomic mass is 32.1. The van der Waals surface area contributed by atoms with Gasteiger partial charge in [0, 0.05) is 37.5 Å². The Morgan fingerprint density at radius 2 is 2.08 bits per heavy atom. The Bertz CT molecular complexity index is 702. The Morgan fingerprint density at radius 1 is 1.33 bits per heavy atom. The second kappa shape index (κ2) is 6.67. The molecule has 7 nitrogen and oxygen atoms in total. The predicted molar refractivity (Wildman–Crippen MR) is 76.5 cm³/mol. The summed E-state index contributed by atoms with van der Waals surface area (Å²) in [6, 6.07) is 0.481. The van der Waals surface area contributed by atoms with Crippen molar-refractivity contribution in [2.75, 3.05) is 13.1 Å². The normalized spacial score (nSPS) is 16.2. The topological polar surface area (TPSA) is 81.1 Å².